The molecule has 3 aromatic carbocycles. The number of rotatable bonds is 8. The van der Waals surface area contributed by atoms with Gasteiger partial charge in [0.05, 0.1) is 0 Å². The van der Waals surface area contributed by atoms with E-state index in [-0.39, 0.29) is 0 Å². The zero-order valence-corrected chi connectivity index (χ0v) is 22.0. The van der Waals surface area contributed by atoms with Gasteiger partial charge < -0.3 is 0 Å². The molecule has 0 saturated heterocycles. The molecule has 0 saturated carbocycles. The van der Waals surface area contributed by atoms with Crippen LogP contribution in [0.3, 0.4) is 0 Å². The van der Waals surface area contributed by atoms with E-state index in [1.165, 1.54) is 0 Å². The van der Waals surface area contributed by atoms with Gasteiger partial charge in [0.25, 0.3) is 0 Å². The van der Waals surface area contributed by atoms with Gasteiger partial charge in [-0.05, 0) is 52.9 Å². The fourth-order valence-electron chi connectivity index (χ4n) is 3.75. The molecule has 0 aliphatic carbocycles. The maximum atomic E-state index is 4.18. The van der Waals surface area contributed by atoms with Crippen molar-refractivity contribution in [3.05, 3.63) is 168 Å². The number of benzene rings is 3. The van der Waals surface area contributed by atoms with Crippen molar-refractivity contribution < 1.29 is 0 Å². The van der Waals surface area contributed by atoms with Crippen LogP contribution in [0.2, 0.25) is 0 Å². The Bertz CT molecular complexity index is 1520. The van der Waals surface area contributed by atoms with E-state index in [9.17, 15) is 0 Å². The molecule has 0 radical (unpaired) electrons. The van der Waals surface area contributed by atoms with E-state index in [0.29, 0.717) is 6.42 Å². The van der Waals surface area contributed by atoms with Crippen molar-refractivity contribution in [2.45, 2.75) is 13.3 Å². The van der Waals surface area contributed by atoms with Gasteiger partial charge in [0, 0.05) is 23.1 Å². The Morgan fingerprint density at radius 1 is 0.816 bits per heavy atom. The van der Waals surface area contributed by atoms with Crippen LogP contribution in [0.4, 0.5) is 0 Å². The van der Waals surface area contributed by atoms with Gasteiger partial charge in [-0.15, -0.1) is 0 Å². The minimum atomic E-state index is 0.647. The molecule has 0 unspecified atom stereocenters. The predicted octanol–water partition coefficient (Wildman–Crippen LogP) is 9.55. The second kappa shape index (κ2) is 15.2. The summed E-state index contributed by atoms with van der Waals surface area (Å²) in [4.78, 5) is 0. The van der Waals surface area contributed by atoms with Crippen molar-refractivity contribution >= 4 is 23.3 Å². The molecule has 0 aliphatic rings. The van der Waals surface area contributed by atoms with E-state index in [4.69, 9.17) is 0 Å². The lowest BCUT2D eigenvalue weighted by Crippen LogP contribution is -1.86. The Labute approximate surface area is 228 Å². The number of allylic oxidation sites excluding steroid dienone is 9. The molecule has 0 N–H and O–H groups in total. The molecule has 0 bridgehead atoms. The Hall–Kier alpha value is -5.04. The fourth-order valence-corrected chi connectivity index (χ4v) is 3.75. The molecule has 0 heterocycles. The first-order chi connectivity index (χ1) is 18.7. The number of hydrogen-bond donors (Lipinski definition) is 0. The van der Waals surface area contributed by atoms with Crippen LogP contribution in [0.25, 0.3) is 23.3 Å². The molecule has 0 spiro atoms. The van der Waals surface area contributed by atoms with Crippen molar-refractivity contribution in [2.75, 3.05) is 0 Å². The van der Waals surface area contributed by atoms with Crippen LogP contribution in [-0.2, 0) is 0 Å². The molecular weight excluding hydrogens is 456 g/mol. The summed E-state index contributed by atoms with van der Waals surface area (Å²) in [6.07, 6.45) is 18.4. The SMILES string of the molecule is C=C/C=C\c1ccccc1C#CC/C=C\C(=C/C=C)c1ccc(C#CC(=C)c2ccccc2/C=C\C)cc1. The quantitative estimate of drug-likeness (QED) is 0.219. The molecule has 184 valence electrons. The van der Waals surface area contributed by atoms with Gasteiger partial charge in [-0.3, -0.25) is 0 Å². The minimum Gasteiger partial charge on any atom is -0.0991 e. The molecular formula is C38H32. The van der Waals surface area contributed by atoms with E-state index in [2.05, 4.69) is 92.0 Å². The van der Waals surface area contributed by atoms with E-state index in [1.54, 1.807) is 12.2 Å². The van der Waals surface area contributed by atoms with Crippen LogP contribution in [0, 0.1) is 23.7 Å². The summed E-state index contributed by atoms with van der Waals surface area (Å²) in [5.74, 6) is 13.0. The second-order valence-corrected chi connectivity index (χ2v) is 8.34. The van der Waals surface area contributed by atoms with E-state index in [0.717, 1.165) is 44.5 Å². The Kier molecular flexibility index (Phi) is 11.0. The highest BCUT2D eigenvalue weighted by Gasteiger charge is 2.01. The highest BCUT2D eigenvalue weighted by atomic mass is 14.0. The third kappa shape index (κ3) is 8.27. The zero-order chi connectivity index (χ0) is 27.0. The lowest BCUT2D eigenvalue weighted by molar-refractivity contribution is 1.46. The molecule has 38 heavy (non-hydrogen) atoms. The molecule has 0 aliphatic heterocycles. The van der Waals surface area contributed by atoms with Crippen LogP contribution in [0.15, 0.2) is 135 Å². The summed E-state index contributed by atoms with van der Waals surface area (Å²) in [6, 6.07) is 24.5. The molecule has 0 amide bonds. The summed E-state index contributed by atoms with van der Waals surface area (Å²) < 4.78 is 0. The van der Waals surface area contributed by atoms with Crippen molar-refractivity contribution in [3.63, 3.8) is 0 Å². The second-order valence-electron chi connectivity index (χ2n) is 8.34. The van der Waals surface area contributed by atoms with E-state index in [1.807, 2.05) is 73.7 Å². The highest BCUT2D eigenvalue weighted by Crippen LogP contribution is 2.20. The third-order valence-electron chi connectivity index (χ3n) is 5.62. The van der Waals surface area contributed by atoms with Crippen LogP contribution in [-0.4, -0.2) is 0 Å². The van der Waals surface area contributed by atoms with E-state index < -0.39 is 0 Å². The smallest absolute Gasteiger partial charge is 0.0317 e. The van der Waals surface area contributed by atoms with Crippen LogP contribution < -0.4 is 0 Å². The van der Waals surface area contributed by atoms with Gasteiger partial charge in [0.2, 0.25) is 0 Å². The van der Waals surface area contributed by atoms with Gasteiger partial charge in [-0.2, -0.15) is 0 Å². The van der Waals surface area contributed by atoms with Gasteiger partial charge in [0.1, 0.15) is 0 Å². The van der Waals surface area contributed by atoms with Gasteiger partial charge in [-0.25, -0.2) is 0 Å². The summed E-state index contributed by atoms with van der Waals surface area (Å²) in [5, 5.41) is 0. The summed E-state index contributed by atoms with van der Waals surface area (Å²) >= 11 is 0. The first-order valence-electron chi connectivity index (χ1n) is 12.6. The predicted molar refractivity (Wildman–Crippen MR) is 168 cm³/mol. The molecule has 0 nitrogen and oxygen atoms in total. The first kappa shape index (κ1) is 27.5. The average molecular weight is 489 g/mol. The fraction of sp³-hybridized carbons (Fsp3) is 0.0526. The maximum absolute atomic E-state index is 4.18. The third-order valence-corrected chi connectivity index (χ3v) is 5.62. The first-order valence-corrected chi connectivity index (χ1v) is 12.6. The summed E-state index contributed by atoms with van der Waals surface area (Å²) in [6.45, 7) is 13.8. The topological polar surface area (TPSA) is 0 Å². The van der Waals surface area contributed by atoms with Crippen LogP contribution in [0.5, 0.6) is 0 Å². The molecule has 0 aromatic heterocycles. The molecule has 0 heteroatoms. The Morgan fingerprint density at radius 3 is 2.29 bits per heavy atom. The molecule has 0 fully saturated rings. The molecule has 0 atom stereocenters. The average Bonchev–Trinajstić information content (AvgIpc) is 2.95. The van der Waals surface area contributed by atoms with Crippen molar-refractivity contribution in [1.82, 2.24) is 0 Å². The lowest BCUT2D eigenvalue weighted by atomic mass is 10.00. The Balaban J connectivity index is 1.69. The summed E-state index contributed by atoms with van der Waals surface area (Å²) in [5.41, 5.74) is 8.17. The van der Waals surface area contributed by atoms with Crippen LogP contribution >= 0.6 is 0 Å². The number of hydrogen-bond acceptors (Lipinski definition) is 0. The van der Waals surface area contributed by atoms with E-state index >= 15 is 0 Å². The zero-order valence-electron chi connectivity index (χ0n) is 22.0. The molecule has 3 aromatic rings. The summed E-state index contributed by atoms with van der Waals surface area (Å²) in [7, 11) is 0. The van der Waals surface area contributed by atoms with Crippen LogP contribution in [0.1, 0.15) is 46.7 Å². The lowest BCUT2D eigenvalue weighted by Gasteiger charge is -2.04. The normalized spacial score (nSPS) is 11.1. The van der Waals surface area contributed by atoms with Gasteiger partial charge >= 0.3 is 0 Å². The van der Waals surface area contributed by atoms with Crippen molar-refractivity contribution in [1.29, 1.82) is 0 Å². The van der Waals surface area contributed by atoms with Crippen molar-refractivity contribution in [3.8, 4) is 23.7 Å². The standard InChI is InChI=1S/C38H32/c1-5-8-18-34-21-12-13-22-35(34)20-11-9-10-19-33(16-6-2)36-29-27-32(28-30-36)26-25-31(4)38-24-15-14-23-37(38)17-7-3/h5-8,10,12-19,21-24,27-30H,1-2,4,9H2,3H3/b17-7-,18-8-,19-10-,33-16+. The molecule has 3 rings (SSSR count). The van der Waals surface area contributed by atoms with Crippen molar-refractivity contribution in [2.24, 2.45) is 0 Å². The van der Waals surface area contributed by atoms with Gasteiger partial charge in [-0.1, -0.05) is 153 Å². The maximum Gasteiger partial charge on any atom is 0.0317 e. The highest BCUT2D eigenvalue weighted by molar-refractivity contribution is 5.83. The minimum absolute atomic E-state index is 0.647. The monoisotopic (exact) mass is 488 g/mol. The van der Waals surface area contributed by atoms with Gasteiger partial charge in [0.15, 0.2) is 0 Å². The largest absolute Gasteiger partial charge is 0.0991 e. The Morgan fingerprint density at radius 2 is 1.55 bits per heavy atom.